The number of hydrazone groups is 1. The van der Waals surface area contributed by atoms with Crippen LogP contribution in [0.3, 0.4) is 0 Å². The first-order valence-electron chi connectivity index (χ1n) is 19.2. The Morgan fingerprint density at radius 2 is 1.55 bits per heavy atom. The van der Waals surface area contributed by atoms with Crippen molar-refractivity contribution in [1.29, 1.82) is 0 Å². The number of carbonyl (C=O) groups excluding carboxylic acids is 4. The number of hydrogen-bond donors (Lipinski definition) is 0. The zero-order valence-electron chi connectivity index (χ0n) is 32.9. The van der Waals surface area contributed by atoms with Crippen LogP contribution in [0.25, 0.3) is 21.0 Å². The minimum atomic E-state index is -0.803. The fraction of sp³-hybridized carbons (Fsp3) is 0.191. The van der Waals surface area contributed by atoms with Gasteiger partial charge in [0, 0.05) is 6.08 Å². The van der Waals surface area contributed by atoms with Gasteiger partial charge in [0.2, 0.25) is 5.13 Å². The standard InChI is InChI=1S/C47H42FN3O8S/c1-4-42(52)51(47-50-39-12-8-9-13-41(39)60-47)49-30-38-40(24-19-32(45(38)48)20-25-44(54)58-36-21-14-31(3)15-22-36)59-46(55)35-17-16-34-29-37(23-18-33(34)28-35)56-26-10-6-7-11-27-57-43(53)5-2/h4-5,8-9,12-19,21-24,28-30H,1-2,6-7,10-11,20,25-27H2,3H3/b49-30+. The molecule has 0 aliphatic rings. The van der Waals surface area contributed by atoms with Gasteiger partial charge in [-0.2, -0.15) is 10.1 Å². The normalized spacial score (nSPS) is 11.0. The summed E-state index contributed by atoms with van der Waals surface area (Å²) in [6.07, 6.45) is 6.53. The molecule has 5 aromatic carbocycles. The zero-order chi connectivity index (χ0) is 42.4. The van der Waals surface area contributed by atoms with E-state index in [1.165, 1.54) is 23.5 Å². The maximum atomic E-state index is 16.5. The Morgan fingerprint density at radius 3 is 2.32 bits per heavy atom. The number of para-hydroxylation sites is 1. The molecule has 60 heavy (non-hydrogen) atoms. The summed E-state index contributed by atoms with van der Waals surface area (Å²) in [5, 5.41) is 7.10. The van der Waals surface area contributed by atoms with Crippen LogP contribution in [-0.4, -0.2) is 48.2 Å². The predicted octanol–water partition coefficient (Wildman–Crippen LogP) is 9.88. The Morgan fingerprint density at radius 1 is 0.817 bits per heavy atom. The van der Waals surface area contributed by atoms with Crippen LogP contribution in [0.15, 0.2) is 127 Å². The minimum Gasteiger partial charge on any atom is -0.494 e. The van der Waals surface area contributed by atoms with E-state index in [4.69, 9.17) is 18.9 Å². The molecule has 1 amide bonds. The Kier molecular flexibility index (Phi) is 14.6. The number of hydrogen-bond acceptors (Lipinski definition) is 11. The van der Waals surface area contributed by atoms with E-state index in [2.05, 4.69) is 23.2 Å². The van der Waals surface area contributed by atoms with Gasteiger partial charge in [0.15, 0.2) is 0 Å². The van der Waals surface area contributed by atoms with Crippen molar-refractivity contribution in [2.75, 3.05) is 18.2 Å². The number of unbranched alkanes of at least 4 members (excludes halogenated alkanes) is 3. The van der Waals surface area contributed by atoms with Crippen molar-refractivity contribution in [2.24, 2.45) is 5.10 Å². The number of halogens is 1. The maximum Gasteiger partial charge on any atom is 0.343 e. The summed E-state index contributed by atoms with van der Waals surface area (Å²) in [7, 11) is 0. The molecule has 6 aromatic rings. The number of carbonyl (C=O) groups is 4. The predicted molar refractivity (Wildman–Crippen MR) is 230 cm³/mol. The Bertz CT molecular complexity index is 2540. The lowest BCUT2D eigenvalue weighted by atomic mass is 10.0. The molecule has 0 aliphatic carbocycles. The van der Waals surface area contributed by atoms with E-state index in [9.17, 15) is 19.2 Å². The molecule has 13 heteroatoms. The van der Waals surface area contributed by atoms with Crippen molar-refractivity contribution >= 4 is 67.5 Å². The summed E-state index contributed by atoms with van der Waals surface area (Å²) in [4.78, 5) is 55.0. The number of aryl methyl sites for hydroxylation is 2. The van der Waals surface area contributed by atoms with Gasteiger partial charge in [0.05, 0.1) is 47.2 Å². The van der Waals surface area contributed by atoms with Gasteiger partial charge in [-0.05, 0) is 116 Å². The first kappa shape index (κ1) is 42.6. The summed E-state index contributed by atoms with van der Waals surface area (Å²) in [5.41, 5.74) is 1.76. The molecule has 0 unspecified atom stereocenters. The molecule has 0 bridgehead atoms. The molecule has 0 saturated heterocycles. The number of rotatable bonds is 19. The molecule has 0 aliphatic heterocycles. The number of ether oxygens (including phenoxy) is 4. The third kappa shape index (κ3) is 11.4. The first-order chi connectivity index (χ1) is 29.1. The molecule has 11 nitrogen and oxygen atoms in total. The molecule has 0 spiro atoms. The maximum absolute atomic E-state index is 16.5. The average molecular weight is 828 g/mol. The average Bonchev–Trinajstić information content (AvgIpc) is 3.69. The van der Waals surface area contributed by atoms with Crippen LogP contribution in [0, 0.1) is 12.7 Å². The fourth-order valence-electron chi connectivity index (χ4n) is 5.98. The Labute approximate surface area is 350 Å². The molecule has 0 radical (unpaired) electrons. The van der Waals surface area contributed by atoms with Crippen molar-refractivity contribution < 1.29 is 42.5 Å². The van der Waals surface area contributed by atoms with Gasteiger partial charge < -0.3 is 18.9 Å². The largest absolute Gasteiger partial charge is 0.494 e. The second-order valence-corrected chi connectivity index (χ2v) is 14.6. The van der Waals surface area contributed by atoms with Crippen LogP contribution in [-0.2, 0) is 25.5 Å². The smallest absolute Gasteiger partial charge is 0.343 e. The van der Waals surface area contributed by atoms with Gasteiger partial charge in [0.25, 0.3) is 5.91 Å². The molecular formula is C47H42FN3O8S. The van der Waals surface area contributed by atoms with Crippen molar-refractivity contribution in [2.45, 2.75) is 45.4 Å². The highest BCUT2D eigenvalue weighted by Gasteiger charge is 2.21. The number of benzene rings is 5. The van der Waals surface area contributed by atoms with Gasteiger partial charge in [-0.3, -0.25) is 9.59 Å². The van der Waals surface area contributed by atoms with Gasteiger partial charge >= 0.3 is 17.9 Å². The molecule has 0 fully saturated rings. The van der Waals surface area contributed by atoms with Crippen molar-refractivity contribution in [3.8, 4) is 17.2 Å². The van der Waals surface area contributed by atoms with E-state index in [0.29, 0.717) is 30.2 Å². The molecular weight excluding hydrogens is 786 g/mol. The van der Waals surface area contributed by atoms with Crippen LogP contribution in [0.2, 0.25) is 0 Å². The molecule has 6 rings (SSSR count). The van der Waals surface area contributed by atoms with Crippen LogP contribution < -0.4 is 19.2 Å². The highest BCUT2D eigenvalue weighted by Crippen LogP contribution is 2.31. The topological polar surface area (TPSA) is 134 Å². The number of amides is 1. The van der Waals surface area contributed by atoms with E-state index >= 15 is 4.39 Å². The van der Waals surface area contributed by atoms with E-state index < -0.39 is 29.6 Å². The number of aromatic nitrogens is 1. The number of thiazole rings is 1. The van der Waals surface area contributed by atoms with E-state index in [1.807, 2.05) is 55.5 Å². The summed E-state index contributed by atoms with van der Waals surface area (Å²) >= 11 is 1.21. The summed E-state index contributed by atoms with van der Waals surface area (Å²) in [6, 6.07) is 27.7. The lowest BCUT2D eigenvalue weighted by Gasteiger charge is -2.14. The van der Waals surface area contributed by atoms with Gasteiger partial charge in [0.1, 0.15) is 23.1 Å². The van der Waals surface area contributed by atoms with Crippen molar-refractivity contribution in [3.05, 3.63) is 150 Å². The molecule has 0 N–H and O–H groups in total. The van der Waals surface area contributed by atoms with Crippen LogP contribution in [0.4, 0.5) is 9.52 Å². The lowest BCUT2D eigenvalue weighted by Crippen LogP contribution is -2.23. The van der Waals surface area contributed by atoms with Gasteiger partial charge in [-0.1, -0.05) is 72.5 Å². The summed E-state index contributed by atoms with van der Waals surface area (Å²) in [6.45, 7) is 9.75. The van der Waals surface area contributed by atoms with Crippen molar-refractivity contribution in [3.63, 3.8) is 0 Å². The third-order valence-corrected chi connectivity index (χ3v) is 10.2. The van der Waals surface area contributed by atoms with Crippen LogP contribution in [0.5, 0.6) is 17.2 Å². The molecule has 306 valence electrons. The second kappa shape index (κ2) is 20.6. The Hall–Kier alpha value is -6.99. The van der Waals surface area contributed by atoms with E-state index in [-0.39, 0.29) is 40.4 Å². The fourth-order valence-corrected chi connectivity index (χ4v) is 6.91. The van der Waals surface area contributed by atoms with E-state index in [1.54, 1.807) is 36.4 Å². The zero-order valence-corrected chi connectivity index (χ0v) is 33.8. The third-order valence-electron chi connectivity index (χ3n) is 9.19. The molecule has 0 atom stereocenters. The number of anilines is 1. The first-order valence-corrected chi connectivity index (χ1v) is 20.1. The van der Waals surface area contributed by atoms with Crippen LogP contribution in [0.1, 0.15) is 59.2 Å². The van der Waals surface area contributed by atoms with E-state index in [0.717, 1.165) is 70.1 Å². The monoisotopic (exact) mass is 827 g/mol. The number of nitrogens with zero attached hydrogens (tertiary/aromatic N) is 3. The second-order valence-electron chi connectivity index (χ2n) is 13.5. The van der Waals surface area contributed by atoms with Gasteiger partial charge in [-0.25, -0.2) is 19.0 Å². The minimum absolute atomic E-state index is 0.0375. The lowest BCUT2D eigenvalue weighted by molar-refractivity contribution is -0.138. The molecule has 0 saturated carbocycles. The summed E-state index contributed by atoms with van der Waals surface area (Å²) < 4.78 is 39.4. The molecule has 1 heterocycles. The van der Waals surface area contributed by atoms with Crippen molar-refractivity contribution in [1.82, 2.24) is 4.98 Å². The number of fused-ring (bicyclic) bond motifs is 2. The summed E-state index contributed by atoms with van der Waals surface area (Å²) in [5.74, 6) is -2.28. The molecule has 1 aromatic heterocycles. The highest BCUT2D eigenvalue weighted by molar-refractivity contribution is 7.22. The number of esters is 3. The van der Waals surface area contributed by atoms with Crippen LogP contribution >= 0.6 is 11.3 Å². The quantitative estimate of drug-likeness (QED) is 0.0195. The highest BCUT2D eigenvalue weighted by atomic mass is 32.1. The van der Waals surface area contributed by atoms with Gasteiger partial charge in [-0.15, -0.1) is 0 Å². The Balaban J connectivity index is 1.18. The SMILES string of the molecule is C=CC(=O)OCCCCCCOc1ccc2cc(C(=O)Oc3ccc(CCC(=O)Oc4ccc(C)cc4)c(F)c3/C=N/N(C(=O)C=C)c3nc4ccccc4s3)ccc2c1.